The molecular weight excluding hydrogens is 608 g/mol. The molecule has 2 unspecified atom stereocenters. The van der Waals surface area contributed by atoms with E-state index in [0.29, 0.717) is 49.2 Å². The molecule has 1 N–H and O–H groups in total. The first-order chi connectivity index (χ1) is 22.6. The van der Waals surface area contributed by atoms with Gasteiger partial charge in [-0.05, 0) is 99.1 Å². The van der Waals surface area contributed by atoms with Crippen molar-refractivity contribution in [3.8, 4) is 17.2 Å². The number of Topliss-reactive ketones (excluding diaryl/α,β-unsaturated/α-hetero) is 2. The number of ether oxygens (including phenoxy) is 4. The zero-order chi connectivity index (χ0) is 34.8. The Balaban J connectivity index is 1.52. The van der Waals surface area contributed by atoms with Gasteiger partial charge in [0, 0.05) is 29.9 Å². The number of rotatable bonds is 10. The number of hydrogen-bond donors (Lipinski definition) is 1. The van der Waals surface area contributed by atoms with Gasteiger partial charge in [-0.1, -0.05) is 36.3 Å². The van der Waals surface area contributed by atoms with Gasteiger partial charge in [0.15, 0.2) is 22.8 Å². The molecule has 6 atom stereocenters. The quantitative estimate of drug-likeness (QED) is 0.154. The summed E-state index contributed by atoms with van der Waals surface area (Å²) in [5, 5.41) is 11.9. The fourth-order valence-corrected chi connectivity index (χ4v) is 8.93. The molecule has 4 fully saturated rings. The standard InChI is InChI=1S/C40H50O8/c1-9-20-45-30(41)13-11-18-39-36(44)25-21-28-33(43)31-32(42)26-16-19-38(8,17-10-12-23(2)3)46-34(26)27(15-14-24(4)5)35(31)47-40(28,39)29(22-25)37(6,7)48-39/h11-14,16,19,25,28-29,42H,9-10,15,17-18,20-22H2,1-8H3/b13-11+/t25-,28?,29?,38-,39+,40-/m1/s1. The average Bonchev–Trinajstić information content (AvgIpc) is 3.16. The fourth-order valence-electron chi connectivity index (χ4n) is 8.93. The van der Waals surface area contributed by atoms with Crippen molar-refractivity contribution in [1.29, 1.82) is 0 Å². The van der Waals surface area contributed by atoms with E-state index in [1.807, 2.05) is 53.7 Å². The molecule has 4 bridgehead atoms. The van der Waals surface area contributed by atoms with Crippen molar-refractivity contribution in [3.63, 3.8) is 0 Å². The minimum atomic E-state index is -1.50. The van der Waals surface area contributed by atoms with Crippen molar-refractivity contribution in [2.75, 3.05) is 6.61 Å². The average molecular weight is 659 g/mol. The normalized spacial score (nSPS) is 31.8. The van der Waals surface area contributed by atoms with Crippen molar-refractivity contribution >= 4 is 23.6 Å². The van der Waals surface area contributed by atoms with E-state index in [1.165, 1.54) is 11.6 Å². The van der Waals surface area contributed by atoms with Crippen LogP contribution >= 0.6 is 0 Å². The van der Waals surface area contributed by atoms with Crippen LogP contribution in [0.3, 0.4) is 0 Å². The number of phenols is 1. The molecule has 3 aliphatic heterocycles. The van der Waals surface area contributed by atoms with Crippen LogP contribution in [0.25, 0.3) is 6.08 Å². The summed E-state index contributed by atoms with van der Waals surface area (Å²) in [5.41, 5.74) is -0.680. The highest BCUT2D eigenvalue weighted by atomic mass is 16.6. The number of carbonyl (C=O) groups is 3. The minimum Gasteiger partial charge on any atom is -0.506 e. The summed E-state index contributed by atoms with van der Waals surface area (Å²) >= 11 is 0. The summed E-state index contributed by atoms with van der Waals surface area (Å²) < 4.78 is 26.1. The number of hydrogen-bond acceptors (Lipinski definition) is 8. The number of ketones is 2. The Morgan fingerprint density at radius 1 is 1.04 bits per heavy atom. The van der Waals surface area contributed by atoms with Gasteiger partial charge in [-0.3, -0.25) is 9.59 Å². The van der Waals surface area contributed by atoms with Crippen LogP contribution in [0.15, 0.2) is 41.5 Å². The van der Waals surface area contributed by atoms with E-state index in [9.17, 15) is 19.5 Å². The van der Waals surface area contributed by atoms with Crippen molar-refractivity contribution < 1.29 is 38.4 Å². The van der Waals surface area contributed by atoms with Crippen LogP contribution in [0.5, 0.6) is 17.2 Å². The third-order valence-electron chi connectivity index (χ3n) is 11.1. The van der Waals surface area contributed by atoms with E-state index in [4.69, 9.17) is 18.9 Å². The molecule has 1 aromatic rings. The summed E-state index contributed by atoms with van der Waals surface area (Å²) in [4.78, 5) is 41.7. The van der Waals surface area contributed by atoms with E-state index in [-0.39, 0.29) is 41.0 Å². The van der Waals surface area contributed by atoms with Gasteiger partial charge in [-0.2, -0.15) is 0 Å². The summed E-state index contributed by atoms with van der Waals surface area (Å²) in [6, 6.07) is 0. The number of fused-ring (bicyclic) bond motifs is 2. The number of benzene rings is 1. The first kappa shape index (κ1) is 34.2. The second-order valence-corrected chi connectivity index (χ2v) is 15.5. The molecule has 3 saturated carbocycles. The lowest BCUT2D eigenvalue weighted by molar-refractivity contribution is -0.199. The van der Waals surface area contributed by atoms with Crippen LogP contribution in [-0.2, 0) is 25.5 Å². The Bertz CT molecular complexity index is 1670. The van der Waals surface area contributed by atoms with Crippen LogP contribution in [-0.4, -0.2) is 51.7 Å². The zero-order valence-corrected chi connectivity index (χ0v) is 29.7. The highest BCUT2D eigenvalue weighted by Crippen LogP contribution is 2.70. The zero-order valence-electron chi connectivity index (χ0n) is 29.7. The second-order valence-electron chi connectivity index (χ2n) is 15.5. The van der Waals surface area contributed by atoms with Crippen LogP contribution in [0, 0.1) is 17.8 Å². The maximum absolute atomic E-state index is 14.9. The molecule has 3 aliphatic carbocycles. The van der Waals surface area contributed by atoms with Crippen molar-refractivity contribution in [1.82, 2.24) is 0 Å². The minimum absolute atomic E-state index is 0.0600. The molecule has 1 aromatic carbocycles. The summed E-state index contributed by atoms with van der Waals surface area (Å²) in [6.45, 7) is 16.3. The molecule has 1 saturated heterocycles. The van der Waals surface area contributed by atoms with Gasteiger partial charge < -0.3 is 24.1 Å². The number of aromatic hydroxyl groups is 1. The lowest BCUT2D eigenvalue weighted by Gasteiger charge is -2.60. The van der Waals surface area contributed by atoms with Crippen molar-refractivity contribution in [2.24, 2.45) is 17.8 Å². The third-order valence-corrected chi connectivity index (χ3v) is 11.1. The SMILES string of the molecule is CCCOC(=O)/C=C/C[C@@]12OC(C)(C)C3C[C@@H](CC4C(=O)c5c(O)c6c(c(CC=C(C)C)c5O[C@]431)O[C@](C)(CCC=C(C)C)C=C6)C2=O. The highest BCUT2D eigenvalue weighted by Gasteiger charge is 2.83. The first-order valence-electron chi connectivity index (χ1n) is 17.5. The molecule has 8 nitrogen and oxygen atoms in total. The van der Waals surface area contributed by atoms with E-state index in [1.54, 1.807) is 6.08 Å². The van der Waals surface area contributed by atoms with Gasteiger partial charge in [-0.15, -0.1) is 0 Å². The molecular formula is C40H50O8. The molecule has 0 aromatic heterocycles. The van der Waals surface area contributed by atoms with Gasteiger partial charge in [0.25, 0.3) is 0 Å². The van der Waals surface area contributed by atoms with E-state index >= 15 is 0 Å². The molecule has 7 rings (SSSR count). The Labute approximate surface area is 284 Å². The first-order valence-corrected chi connectivity index (χ1v) is 17.5. The van der Waals surface area contributed by atoms with Crippen LogP contribution < -0.4 is 9.47 Å². The molecule has 48 heavy (non-hydrogen) atoms. The van der Waals surface area contributed by atoms with Crippen LogP contribution in [0.2, 0.25) is 0 Å². The topological polar surface area (TPSA) is 108 Å². The lowest BCUT2D eigenvalue weighted by Crippen LogP contribution is -2.76. The van der Waals surface area contributed by atoms with Crippen LogP contribution in [0.1, 0.15) is 115 Å². The number of esters is 1. The van der Waals surface area contributed by atoms with Gasteiger partial charge >= 0.3 is 5.97 Å². The molecule has 0 radical (unpaired) electrons. The number of carbonyl (C=O) groups excluding carboxylic acids is 3. The Morgan fingerprint density at radius 2 is 1.77 bits per heavy atom. The maximum Gasteiger partial charge on any atom is 0.330 e. The number of allylic oxidation sites excluding steroid dienone is 4. The molecule has 6 aliphatic rings. The van der Waals surface area contributed by atoms with Gasteiger partial charge in [-0.25, -0.2) is 4.79 Å². The molecule has 1 spiro atoms. The van der Waals surface area contributed by atoms with Gasteiger partial charge in [0.1, 0.15) is 28.4 Å². The summed E-state index contributed by atoms with van der Waals surface area (Å²) in [6.07, 6.45) is 14.6. The Kier molecular flexibility index (Phi) is 8.59. The summed E-state index contributed by atoms with van der Waals surface area (Å²) in [7, 11) is 0. The van der Waals surface area contributed by atoms with E-state index in [0.717, 1.165) is 18.4 Å². The Hall–Kier alpha value is -3.65. The fraction of sp³-hybridized carbons (Fsp3) is 0.575. The van der Waals surface area contributed by atoms with E-state index in [2.05, 4.69) is 26.0 Å². The van der Waals surface area contributed by atoms with Gasteiger partial charge in [0.05, 0.1) is 23.7 Å². The van der Waals surface area contributed by atoms with Gasteiger partial charge in [0.2, 0.25) is 0 Å². The largest absolute Gasteiger partial charge is 0.506 e. The monoisotopic (exact) mass is 658 g/mol. The van der Waals surface area contributed by atoms with Crippen molar-refractivity contribution in [2.45, 2.75) is 123 Å². The summed E-state index contributed by atoms with van der Waals surface area (Å²) in [5.74, 6) is -1.61. The predicted octanol–water partition coefficient (Wildman–Crippen LogP) is 7.80. The van der Waals surface area contributed by atoms with Crippen molar-refractivity contribution in [3.05, 3.63) is 58.2 Å². The Morgan fingerprint density at radius 3 is 2.46 bits per heavy atom. The smallest absolute Gasteiger partial charge is 0.330 e. The second kappa shape index (κ2) is 12.0. The molecule has 3 heterocycles. The maximum atomic E-state index is 14.9. The highest BCUT2D eigenvalue weighted by molar-refractivity contribution is 6.09. The predicted molar refractivity (Wildman–Crippen MR) is 183 cm³/mol. The lowest BCUT2D eigenvalue weighted by atomic mass is 9.46. The van der Waals surface area contributed by atoms with E-state index < -0.39 is 40.2 Å². The molecule has 8 heteroatoms. The van der Waals surface area contributed by atoms with Crippen LogP contribution in [0.4, 0.5) is 0 Å². The molecule has 258 valence electrons. The third kappa shape index (κ3) is 5.17. The molecule has 0 amide bonds. The number of phenolic OH excluding ortho intramolecular Hbond substituents is 1.